The Bertz CT molecular complexity index is 356. The minimum absolute atomic E-state index is 0.315. The van der Waals surface area contributed by atoms with Crippen molar-refractivity contribution in [1.82, 2.24) is 0 Å². The van der Waals surface area contributed by atoms with Gasteiger partial charge in [-0.15, -0.1) is 0 Å². The predicted molar refractivity (Wildman–Crippen MR) is 45.9 cm³/mol. The smallest absolute Gasteiger partial charge is 0.168 e. The number of hydrogen-bond acceptors (Lipinski definition) is 2. The number of aryl methyl sites for hydroxylation is 1. The molecule has 1 aliphatic rings. The first-order chi connectivity index (χ1) is 6.04. The summed E-state index contributed by atoms with van der Waals surface area (Å²) < 4.78 is 13.2. The highest BCUT2D eigenvalue weighted by atomic mass is 19.1. The normalized spacial score (nSPS) is 18.7. The topological polar surface area (TPSA) is 40.5 Å². The SMILES string of the molecule is Cc1ccc(C2(O)CC2)c(O)c1F. The van der Waals surface area contributed by atoms with Gasteiger partial charge in [-0.3, -0.25) is 0 Å². The van der Waals surface area contributed by atoms with Crippen LogP contribution in [0.1, 0.15) is 24.0 Å². The van der Waals surface area contributed by atoms with Crippen LogP contribution in [0, 0.1) is 12.7 Å². The van der Waals surface area contributed by atoms with Crippen molar-refractivity contribution in [2.75, 3.05) is 0 Å². The lowest BCUT2D eigenvalue weighted by molar-refractivity contribution is 0.147. The first-order valence-corrected chi connectivity index (χ1v) is 4.25. The van der Waals surface area contributed by atoms with Crippen molar-refractivity contribution in [3.63, 3.8) is 0 Å². The maximum atomic E-state index is 13.2. The van der Waals surface area contributed by atoms with Crippen molar-refractivity contribution < 1.29 is 14.6 Å². The molecule has 0 aromatic heterocycles. The van der Waals surface area contributed by atoms with E-state index in [1.165, 1.54) is 0 Å². The van der Waals surface area contributed by atoms with Gasteiger partial charge in [0.2, 0.25) is 0 Å². The fraction of sp³-hybridized carbons (Fsp3) is 0.400. The lowest BCUT2D eigenvalue weighted by Gasteiger charge is -2.11. The van der Waals surface area contributed by atoms with Gasteiger partial charge >= 0.3 is 0 Å². The molecule has 1 fully saturated rings. The summed E-state index contributed by atoms with van der Waals surface area (Å²) in [6, 6.07) is 3.15. The van der Waals surface area contributed by atoms with Crippen LogP contribution in [0.2, 0.25) is 0 Å². The van der Waals surface area contributed by atoms with Crippen LogP contribution in [0.15, 0.2) is 12.1 Å². The Balaban J connectivity index is 2.54. The second kappa shape index (κ2) is 2.45. The largest absolute Gasteiger partial charge is 0.505 e. The van der Waals surface area contributed by atoms with E-state index in [2.05, 4.69) is 0 Å². The Hall–Kier alpha value is -1.09. The third-order valence-electron chi connectivity index (χ3n) is 2.53. The van der Waals surface area contributed by atoms with Gasteiger partial charge in [0.1, 0.15) is 0 Å². The predicted octanol–water partition coefficient (Wildman–Crippen LogP) is 1.82. The number of hydrogen-bond donors (Lipinski definition) is 2. The summed E-state index contributed by atoms with van der Waals surface area (Å²) in [6.07, 6.45) is 1.20. The molecule has 0 saturated heterocycles. The molecule has 0 amide bonds. The third kappa shape index (κ3) is 1.20. The molecule has 1 aliphatic carbocycles. The molecule has 0 heterocycles. The standard InChI is InChI=1S/C10H11FO2/c1-6-2-3-7(9(12)8(6)11)10(13)4-5-10/h2-3,12-13H,4-5H2,1H3. The average molecular weight is 182 g/mol. The second-order valence-electron chi connectivity index (χ2n) is 3.62. The van der Waals surface area contributed by atoms with Crippen molar-refractivity contribution >= 4 is 0 Å². The Kier molecular flexibility index (Phi) is 1.60. The summed E-state index contributed by atoms with van der Waals surface area (Å²) in [4.78, 5) is 0. The number of rotatable bonds is 1. The van der Waals surface area contributed by atoms with Crippen LogP contribution in [0.5, 0.6) is 5.75 Å². The van der Waals surface area contributed by atoms with E-state index in [0.717, 1.165) is 0 Å². The van der Waals surface area contributed by atoms with Gasteiger partial charge in [-0.1, -0.05) is 12.1 Å². The zero-order valence-corrected chi connectivity index (χ0v) is 7.34. The van der Waals surface area contributed by atoms with Crippen LogP contribution in [-0.4, -0.2) is 10.2 Å². The molecule has 13 heavy (non-hydrogen) atoms. The van der Waals surface area contributed by atoms with Crippen molar-refractivity contribution in [2.24, 2.45) is 0 Å². The van der Waals surface area contributed by atoms with E-state index in [4.69, 9.17) is 0 Å². The maximum Gasteiger partial charge on any atom is 0.168 e. The Morgan fingerprint density at radius 1 is 1.38 bits per heavy atom. The van der Waals surface area contributed by atoms with E-state index in [1.54, 1.807) is 19.1 Å². The lowest BCUT2D eigenvalue weighted by Crippen LogP contribution is -2.05. The van der Waals surface area contributed by atoms with E-state index in [1.807, 2.05) is 0 Å². The maximum absolute atomic E-state index is 13.2. The number of benzene rings is 1. The first-order valence-electron chi connectivity index (χ1n) is 4.25. The lowest BCUT2D eigenvalue weighted by atomic mass is 10.0. The van der Waals surface area contributed by atoms with E-state index in [-0.39, 0.29) is 0 Å². The van der Waals surface area contributed by atoms with Crippen molar-refractivity contribution in [2.45, 2.75) is 25.4 Å². The molecule has 70 valence electrons. The molecular formula is C10H11FO2. The van der Waals surface area contributed by atoms with Crippen LogP contribution in [0.3, 0.4) is 0 Å². The number of halogens is 1. The molecule has 0 radical (unpaired) electrons. The van der Waals surface area contributed by atoms with Gasteiger partial charge in [0, 0.05) is 5.56 Å². The van der Waals surface area contributed by atoms with Crippen LogP contribution in [-0.2, 0) is 5.60 Å². The fourth-order valence-electron chi connectivity index (χ4n) is 1.43. The summed E-state index contributed by atoms with van der Waals surface area (Å²) in [5, 5.41) is 19.1. The van der Waals surface area contributed by atoms with Crippen LogP contribution in [0.25, 0.3) is 0 Å². The van der Waals surface area contributed by atoms with Gasteiger partial charge in [0.15, 0.2) is 11.6 Å². The highest BCUT2D eigenvalue weighted by Crippen LogP contribution is 2.49. The Morgan fingerprint density at radius 2 is 2.00 bits per heavy atom. The summed E-state index contributed by atoms with van der Waals surface area (Å²) in [6.45, 7) is 1.58. The highest BCUT2D eigenvalue weighted by molar-refractivity contribution is 5.43. The quantitative estimate of drug-likeness (QED) is 0.695. The summed E-state index contributed by atoms with van der Waals surface area (Å²) in [7, 11) is 0. The summed E-state index contributed by atoms with van der Waals surface area (Å²) >= 11 is 0. The second-order valence-corrected chi connectivity index (χ2v) is 3.62. The molecule has 1 aromatic rings. The van der Waals surface area contributed by atoms with E-state index >= 15 is 0 Å². The minimum Gasteiger partial charge on any atom is -0.505 e. The first kappa shape index (κ1) is 8.51. The molecular weight excluding hydrogens is 171 g/mol. The van der Waals surface area contributed by atoms with Crippen LogP contribution < -0.4 is 0 Å². The zero-order chi connectivity index (χ0) is 9.64. The fourth-order valence-corrected chi connectivity index (χ4v) is 1.43. The van der Waals surface area contributed by atoms with Gasteiger partial charge in [0.25, 0.3) is 0 Å². The molecule has 0 unspecified atom stereocenters. The monoisotopic (exact) mass is 182 g/mol. The van der Waals surface area contributed by atoms with Crippen molar-refractivity contribution in [1.29, 1.82) is 0 Å². The molecule has 3 heteroatoms. The molecule has 2 N–H and O–H groups in total. The van der Waals surface area contributed by atoms with Gasteiger partial charge in [-0.25, -0.2) is 4.39 Å². The summed E-state index contributed by atoms with van der Waals surface area (Å²) in [5.74, 6) is -1.03. The van der Waals surface area contributed by atoms with Gasteiger partial charge in [-0.05, 0) is 25.3 Å². The Morgan fingerprint density at radius 3 is 2.54 bits per heavy atom. The minimum atomic E-state index is -0.974. The third-order valence-corrected chi connectivity index (χ3v) is 2.53. The molecule has 0 bridgehead atoms. The number of phenolic OH excluding ortho intramolecular Hbond substituents is 1. The molecule has 2 nitrogen and oxygen atoms in total. The molecule has 0 spiro atoms. The van der Waals surface area contributed by atoms with Gasteiger partial charge in [-0.2, -0.15) is 0 Å². The van der Waals surface area contributed by atoms with Crippen molar-refractivity contribution in [3.05, 3.63) is 29.1 Å². The van der Waals surface area contributed by atoms with E-state index < -0.39 is 17.2 Å². The zero-order valence-electron chi connectivity index (χ0n) is 7.34. The van der Waals surface area contributed by atoms with Crippen LogP contribution in [0.4, 0.5) is 4.39 Å². The summed E-state index contributed by atoms with van der Waals surface area (Å²) in [5.41, 5.74) is -0.264. The highest BCUT2D eigenvalue weighted by Gasteiger charge is 2.44. The Labute approximate surface area is 75.6 Å². The molecule has 0 aliphatic heterocycles. The number of aliphatic hydroxyl groups is 1. The number of aromatic hydroxyl groups is 1. The molecule has 1 saturated carbocycles. The molecule has 2 rings (SSSR count). The van der Waals surface area contributed by atoms with E-state index in [0.29, 0.717) is 24.0 Å². The van der Waals surface area contributed by atoms with Crippen LogP contribution >= 0.6 is 0 Å². The van der Waals surface area contributed by atoms with Crippen molar-refractivity contribution in [3.8, 4) is 5.75 Å². The van der Waals surface area contributed by atoms with E-state index in [9.17, 15) is 14.6 Å². The van der Waals surface area contributed by atoms with Gasteiger partial charge in [0.05, 0.1) is 5.60 Å². The number of phenols is 1. The average Bonchev–Trinajstić information content (AvgIpc) is 2.80. The molecule has 0 atom stereocenters. The molecule has 1 aromatic carbocycles. The van der Waals surface area contributed by atoms with Gasteiger partial charge < -0.3 is 10.2 Å².